The summed E-state index contributed by atoms with van der Waals surface area (Å²) in [6.07, 6.45) is 3.44. The smallest absolute Gasteiger partial charge is 0.313 e. The van der Waals surface area contributed by atoms with Crippen molar-refractivity contribution in [2.75, 3.05) is 0 Å². The molecule has 2 aromatic heterocycles. The van der Waals surface area contributed by atoms with E-state index in [1.54, 1.807) is 24.3 Å². The van der Waals surface area contributed by atoms with Crippen molar-refractivity contribution in [3.05, 3.63) is 83.5 Å². The third kappa shape index (κ3) is 3.07. The van der Waals surface area contributed by atoms with E-state index in [0.717, 1.165) is 21.9 Å². The van der Waals surface area contributed by atoms with Crippen molar-refractivity contribution >= 4 is 28.5 Å². The molecule has 0 aliphatic carbocycles. The Morgan fingerprint density at radius 1 is 1.08 bits per heavy atom. The summed E-state index contributed by atoms with van der Waals surface area (Å²) in [6, 6.07) is 18.6. The van der Waals surface area contributed by atoms with Crippen LogP contribution in [0, 0.1) is 0 Å². The van der Waals surface area contributed by atoms with Gasteiger partial charge in [0.1, 0.15) is 0 Å². The third-order valence-electron chi connectivity index (χ3n) is 3.67. The van der Waals surface area contributed by atoms with Gasteiger partial charge in [-0.15, -0.1) is 11.3 Å². The van der Waals surface area contributed by atoms with Crippen LogP contribution in [-0.2, 0) is 4.84 Å². The lowest BCUT2D eigenvalue weighted by Gasteiger charge is -2.00. The van der Waals surface area contributed by atoms with Crippen LogP contribution in [0.25, 0.3) is 16.2 Å². The van der Waals surface area contributed by atoms with E-state index in [0.29, 0.717) is 5.56 Å². The van der Waals surface area contributed by atoms with Crippen LogP contribution in [0.5, 0.6) is 0 Å². The summed E-state index contributed by atoms with van der Waals surface area (Å²) in [6.45, 7) is 0. The highest BCUT2D eigenvalue weighted by atomic mass is 32.1. The van der Waals surface area contributed by atoms with Gasteiger partial charge in [0, 0.05) is 17.1 Å². The van der Waals surface area contributed by atoms with Crippen molar-refractivity contribution < 1.29 is 9.63 Å². The number of hydrogen-bond donors (Lipinski definition) is 0. The summed E-state index contributed by atoms with van der Waals surface area (Å²) in [4.78, 5) is 22.5. The molecule has 0 spiro atoms. The first-order valence-corrected chi connectivity index (χ1v) is 8.51. The SMILES string of the molecule is O=C(O/N=C\c1c(-c2ccccc2)nc2sccn12)c1ccccc1. The first kappa shape index (κ1) is 15.3. The zero-order valence-electron chi connectivity index (χ0n) is 13.1. The first-order chi connectivity index (χ1) is 12.3. The Balaban J connectivity index is 1.64. The molecule has 0 atom stereocenters. The average molecular weight is 347 g/mol. The number of carbonyl (C=O) groups is 1. The maximum atomic E-state index is 12.0. The molecule has 0 saturated heterocycles. The van der Waals surface area contributed by atoms with Gasteiger partial charge >= 0.3 is 5.97 Å². The van der Waals surface area contributed by atoms with Gasteiger partial charge in [-0.05, 0) is 12.1 Å². The summed E-state index contributed by atoms with van der Waals surface area (Å²) in [5.74, 6) is -0.496. The monoisotopic (exact) mass is 347 g/mol. The second-order valence-electron chi connectivity index (χ2n) is 5.25. The largest absolute Gasteiger partial charge is 0.365 e. The van der Waals surface area contributed by atoms with E-state index in [-0.39, 0.29) is 0 Å². The predicted molar refractivity (Wildman–Crippen MR) is 98.0 cm³/mol. The van der Waals surface area contributed by atoms with E-state index < -0.39 is 5.97 Å². The second-order valence-corrected chi connectivity index (χ2v) is 6.12. The van der Waals surface area contributed by atoms with Gasteiger partial charge in [0.2, 0.25) is 0 Å². The molecule has 4 rings (SSSR count). The van der Waals surface area contributed by atoms with Crippen molar-refractivity contribution in [1.82, 2.24) is 9.38 Å². The van der Waals surface area contributed by atoms with Gasteiger partial charge < -0.3 is 4.84 Å². The number of nitrogens with zero attached hydrogens (tertiary/aromatic N) is 3. The van der Waals surface area contributed by atoms with E-state index in [1.807, 2.05) is 52.4 Å². The van der Waals surface area contributed by atoms with Crippen molar-refractivity contribution in [3.63, 3.8) is 0 Å². The lowest BCUT2D eigenvalue weighted by atomic mass is 10.1. The third-order valence-corrected chi connectivity index (χ3v) is 4.42. The van der Waals surface area contributed by atoms with Crippen LogP contribution >= 0.6 is 11.3 Å². The van der Waals surface area contributed by atoms with E-state index in [1.165, 1.54) is 17.6 Å². The fraction of sp³-hybridized carbons (Fsp3) is 0. The van der Waals surface area contributed by atoms with E-state index in [2.05, 4.69) is 10.1 Å². The van der Waals surface area contributed by atoms with Gasteiger partial charge in [-0.2, -0.15) is 0 Å². The topological polar surface area (TPSA) is 56.0 Å². The molecule has 0 aliphatic rings. The van der Waals surface area contributed by atoms with Crippen molar-refractivity contribution in [2.24, 2.45) is 5.16 Å². The van der Waals surface area contributed by atoms with Crippen LogP contribution in [0.15, 0.2) is 77.4 Å². The summed E-state index contributed by atoms with van der Waals surface area (Å²) in [7, 11) is 0. The maximum Gasteiger partial charge on any atom is 0.365 e. The quantitative estimate of drug-likeness (QED) is 0.315. The zero-order valence-corrected chi connectivity index (χ0v) is 13.9. The fourth-order valence-electron chi connectivity index (χ4n) is 2.49. The van der Waals surface area contributed by atoms with E-state index >= 15 is 0 Å². The zero-order chi connectivity index (χ0) is 17.1. The van der Waals surface area contributed by atoms with Gasteiger partial charge in [-0.25, -0.2) is 9.78 Å². The minimum absolute atomic E-state index is 0.455. The number of aromatic nitrogens is 2. The number of oxime groups is 1. The molecule has 0 unspecified atom stereocenters. The normalized spacial score (nSPS) is 11.2. The highest BCUT2D eigenvalue weighted by Gasteiger charge is 2.13. The molecule has 0 bridgehead atoms. The summed E-state index contributed by atoms with van der Waals surface area (Å²) in [5, 5.41) is 5.82. The van der Waals surface area contributed by atoms with Crippen LogP contribution in [0.2, 0.25) is 0 Å². The molecular formula is C19H13N3O2S. The second kappa shape index (κ2) is 6.70. The fourth-order valence-corrected chi connectivity index (χ4v) is 3.21. The average Bonchev–Trinajstić information content (AvgIpc) is 3.25. The standard InChI is InChI=1S/C19H13N3O2S/c23-18(15-9-5-2-6-10-15)24-20-13-16-17(14-7-3-1-4-8-14)21-19-22(16)11-12-25-19/h1-13H/b20-13-. The number of benzene rings is 2. The van der Waals surface area contributed by atoms with Gasteiger partial charge in [0.15, 0.2) is 4.96 Å². The van der Waals surface area contributed by atoms with Gasteiger partial charge in [0.05, 0.1) is 23.2 Å². The Bertz CT molecular complexity index is 1040. The van der Waals surface area contributed by atoms with Crippen LogP contribution in [0.4, 0.5) is 0 Å². The van der Waals surface area contributed by atoms with Crippen LogP contribution < -0.4 is 0 Å². The molecule has 25 heavy (non-hydrogen) atoms. The first-order valence-electron chi connectivity index (χ1n) is 7.63. The molecule has 0 aliphatic heterocycles. The Morgan fingerprint density at radius 3 is 2.56 bits per heavy atom. The number of fused-ring (bicyclic) bond motifs is 1. The number of thiazole rings is 1. The van der Waals surface area contributed by atoms with E-state index in [9.17, 15) is 4.79 Å². The van der Waals surface area contributed by atoms with E-state index in [4.69, 9.17) is 4.84 Å². The minimum Gasteiger partial charge on any atom is -0.313 e. The molecule has 0 N–H and O–H groups in total. The lowest BCUT2D eigenvalue weighted by Crippen LogP contribution is -2.01. The summed E-state index contributed by atoms with van der Waals surface area (Å²) >= 11 is 1.54. The molecule has 6 heteroatoms. The Hall–Kier alpha value is -3.25. The number of rotatable bonds is 4. The molecule has 5 nitrogen and oxygen atoms in total. The molecule has 2 heterocycles. The molecule has 2 aromatic carbocycles. The molecule has 0 fully saturated rings. The van der Waals surface area contributed by atoms with Crippen LogP contribution in [0.3, 0.4) is 0 Å². The predicted octanol–water partition coefficient (Wildman–Crippen LogP) is 4.25. The Kier molecular flexibility index (Phi) is 4.10. The van der Waals surface area contributed by atoms with Gasteiger partial charge in [-0.3, -0.25) is 4.40 Å². The molecule has 122 valence electrons. The van der Waals surface area contributed by atoms with Crippen LogP contribution in [-0.4, -0.2) is 21.6 Å². The number of carbonyl (C=O) groups excluding carboxylic acids is 1. The van der Waals surface area contributed by atoms with Crippen molar-refractivity contribution in [2.45, 2.75) is 0 Å². The highest BCUT2D eigenvalue weighted by Crippen LogP contribution is 2.25. The highest BCUT2D eigenvalue weighted by molar-refractivity contribution is 7.15. The van der Waals surface area contributed by atoms with Crippen LogP contribution in [0.1, 0.15) is 16.1 Å². The Labute approximate surface area is 147 Å². The Morgan fingerprint density at radius 2 is 1.80 bits per heavy atom. The summed E-state index contributed by atoms with van der Waals surface area (Å²) in [5.41, 5.74) is 3.00. The molecule has 4 aromatic rings. The molecule has 0 saturated carbocycles. The molecular weight excluding hydrogens is 334 g/mol. The molecule has 0 amide bonds. The lowest BCUT2D eigenvalue weighted by molar-refractivity contribution is 0.0519. The van der Waals surface area contributed by atoms with Gasteiger partial charge in [-0.1, -0.05) is 53.7 Å². The van der Waals surface area contributed by atoms with Crippen molar-refractivity contribution in [3.8, 4) is 11.3 Å². The maximum absolute atomic E-state index is 12.0. The minimum atomic E-state index is -0.496. The molecule has 0 radical (unpaired) electrons. The summed E-state index contributed by atoms with van der Waals surface area (Å²) < 4.78 is 1.92. The van der Waals surface area contributed by atoms with Gasteiger partial charge in [0.25, 0.3) is 0 Å². The number of imidazole rings is 1. The van der Waals surface area contributed by atoms with Crippen molar-refractivity contribution in [1.29, 1.82) is 0 Å². The number of hydrogen-bond acceptors (Lipinski definition) is 5.